The Morgan fingerprint density at radius 2 is 2.06 bits per heavy atom. The Labute approximate surface area is 188 Å². The highest BCUT2D eigenvalue weighted by Crippen LogP contribution is 2.33. The summed E-state index contributed by atoms with van der Waals surface area (Å²) in [5.41, 5.74) is 0.795. The Morgan fingerprint density at radius 3 is 2.81 bits per heavy atom. The third-order valence-corrected chi connectivity index (χ3v) is 5.80. The molecule has 2 aromatic carbocycles. The van der Waals surface area contributed by atoms with Crippen LogP contribution >= 0.6 is 24.0 Å². The number of rotatable bonds is 8. The van der Waals surface area contributed by atoms with E-state index in [2.05, 4.69) is 5.32 Å². The molecule has 10 heteroatoms. The summed E-state index contributed by atoms with van der Waals surface area (Å²) in [5.74, 6) is 0.109. The van der Waals surface area contributed by atoms with Gasteiger partial charge in [0.05, 0.1) is 16.9 Å². The Bertz CT molecular complexity index is 1070. The van der Waals surface area contributed by atoms with Gasteiger partial charge >= 0.3 is 0 Å². The number of carbonyl (C=O) groups is 2. The predicted molar refractivity (Wildman–Crippen MR) is 124 cm³/mol. The number of hydrogen-bond donors (Lipinski definition) is 1. The van der Waals surface area contributed by atoms with Gasteiger partial charge in [0.2, 0.25) is 5.91 Å². The van der Waals surface area contributed by atoms with E-state index in [1.165, 1.54) is 34.9 Å². The molecule has 1 fully saturated rings. The molecule has 0 atom stereocenters. The quantitative estimate of drug-likeness (QED) is 0.274. The molecule has 2 aromatic rings. The van der Waals surface area contributed by atoms with Crippen LogP contribution in [-0.2, 0) is 9.59 Å². The first-order valence-corrected chi connectivity index (χ1v) is 10.5. The molecule has 0 bridgehead atoms. The molecule has 0 saturated carbocycles. The van der Waals surface area contributed by atoms with Gasteiger partial charge < -0.3 is 10.1 Å². The van der Waals surface area contributed by atoms with Crippen LogP contribution in [0.25, 0.3) is 6.08 Å². The van der Waals surface area contributed by atoms with Crippen molar-refractivity contribution in [3.05, 3.63) is 69.1 Å². The molecule has 0 aromatic heterocycles. The van der Waals surface area contributed by atoms with E-state index in [9.17, 15) is 19.7 Å². The Kier molecular flexibility index (Phi) is 7.37. The summed E-state index contributed by atoms with van der Waals surface area (Å²) in [7, 11) is 1.57. The molecule has 0 unspecified atom stereocenters. The van der Waals surface area contributed by atoms with Crippen molar-refractivity contribution < 1.29 is 19.2 Å². The Morgan fingerprint density at radius 1 is 1.29 bits per heavy atom. The number of methoxy groups -OCH3 is 1. The maximum atomic E-state index is 12.7. The van der Waals surface area contributed by atoms with Gasteiger partial charge in [-0.05, 0) is 36.3 Å². The third-order valence-electron chi connectivity index (χ3n) is 4.43. The summed E-state index contributed by atoms with van der Waals surface area (Å²) in [4.78, 5) is 37.4. The zero-order valence-electron chi connectivity index (χ0n) is 16.6. The highest BCUT2D eigenvalue weighted by atomic mass is 32.2. The fourth-order valence-electron chi connectivity index (χ4n) is 2.92. The van der Waals surface area contributed by atoms with E-state index in [4.69, 9.17) is 17.0 Å². The lowest BCUT2D eigenvalue weighted by molar-refractivity contribution is -0.383. The lowest BCUT2D eigenvalue weighted by atomic mass is 10.2. The maximum absolute atomic E-state index is 12.7. The average molecular weight is 458 g/mol. The van der Waals surface area contributed by atoms with Crippen molar-refractivity contribution in [2.75, 3.05) is 19.0 Å². The second-order valence-electron chi connectivity index (χ2n) is 6.54. The maximum Gasteiger partial charge on any atom is 0.292 e. The molecule has 1 heterocycles. The van der Waals surface area contributed by atoms with Gasteiger partial charge in [0.1, 0.15) is 15.8 Å². The minimum atomic E-state index is -0.551. The number of hydrogen-bond acceptors (Lipinski definition) is 7. The summed E-state index contributed by atoms with van der Waals surface area (Å²) in [6.45, 7) is 0.282. The monoisotopic (exact) mass is 457 g/mol. The van der Waals surface area contributed by atoms with Gasteiger partial charge in [-0.3, -0.25) is 24.6 Å². The van der Waals surface area contributed by atoms with E-state index in [1.54, 1.807) is 19.3 Å². The second-order valence-corrected chi connectivity index (χ2v) is 8.21. The molecular weight excluding hydrogens is 438 g/mol. The molecule has 31 heavy (non-hydrogen) atoms. The van der Waals surface area contributed by atoms with Crippen molar-refractivity contribution in [1.29, 1.82) is 0 Å². The van der Waals surface area contributed by atoms with Crippen LogP contribution in [0.2, 0.25) is 0 Å². The largest absolute Gasteiger partial charge is 0.497 e. The number of benzene rings is 2. The number of thiocarbonyl (C=S) groups is 1. The molecule has 0 spiro atoms. The number of anilines is 1. The van der Waals surface area contributed by atoms with Crippen molar-refractivity contribution in [1.82, 2.24) is 4.90 Å². The van der Waals surface area contributed by atoms with E-state index < -0.39 is 4.92 Å². The highest BCUT2D eigenvalue weighted by molar-refractivity contribution is 8.26. The fraction of sp³-hybridized carbons (Fsp3) is 0.190. The topological polar surface area (TPSA) is 102 Å². The Balaban J connectivity index is 1.56. The van der Waals surface area contributed by atoms with E-state index in [1.807, 2.05) is 24.3 Å². The molecule has 3 rings (SSSR count). The summed E-state index contributed by atoms with van der Waals surface area (Å²) in [5, 5.41) is 13.6. The smallest absolute Gasteiger partial charge is 0.292 e. The van der Waals surface area contributed by atoms with Crippen molar-refractivity contribution in [3.63, 3.8) is 0 Å². The molecule has 1 aliphatic heterocycles. The van der Waals surface area contributed by atoms with Gasteiger partial charge in [-0.15, -0.1) is 0 Å². The second kappa shape index (κ2) is 10.2. The normalized spacial score (nSPS) is 14.7. The molecule has 1 aliphatic rings. The van der Waals surface area contributed by atoms with Crippen molar-refractivity contribution in [2.45, 2.75) is 12.8 Å². The summed E-state index contributed by atoms with van der Waals surface area (Å²) in [6.07, 6.45) is 2.21. The summed E-state index contributed by atoms with van der Waals surface area (Å²) in [6, 6.07) is 13.3. The molecule has 160 valence electrons. The van der Waals surface area contributed by atoms with E-state index in [0.29, 0.717) is 21.4 Å². The number of carbonyl (C=O) groups excluding carboxylic acids is 2. The molecule has 8 nitrogen and oxygen atoms in total. The third kappa shape index (κ3) is 5.68. The molecule has 2 amide bonds. The number of para-hydroxylation sites is 2. The van der Waals surface area contributed by atoms with Crippen molar-refractivity contribution >= 4 is 57.6 Å². The number of nitrogens with one attached hydrogen (secondary N) is 1. The SMILES string of the molecule is COc1cccc(/C=C2\SC(=S)N(CCCC(=O)Nc3ccccc3[N+](=O)[O-])C2=O)c1. The van der Waals surface area contributed by atoms with E-state index in [-0.39, 0.29) is 36.2 Å². The van der Waals surface area contributed by atoms with Crippen LogP contribution in [0, 0.1) is 10.1 Å². The first-order valence-electron chi connectivity index (χ1n) is 9.31. The minimum absolute atomic E-state index is 0.0953. The number of ether oxygens (including phenoxy) is 1. The van der Waals surface area contributed by atoms with Gasteiger partial charge in [-0.2, -0.15) is 0 Å². The van der Waals surface area contributed by atoms with Gasteiger partial charge in [-0.25, -0.2) is 0 Å². The van der Waals surface area contributed by atoms with Crippen LogP contribution in [-0.4, -0.2) is 39.6 Å². The number of nitrogens with zero attached hydrogens (tertiary/aromatic N) is 2. The fourth-order valence-corrected chi connectivity index (χ4v) is 4.23. The summed E-state index contributed by atoms with van der Waals surface area (Å²) >= 11 is 6.53. The van der Waals surface area contributed by atoms with Crippen LogP contribution in [0.5, 0.6) is 5.75 Å². The minimum Gasteiger partial charge on any atom is -0.497 e. The Hall–Kier alpha value is -3.24. The highest BCUT2D eigenvalue weighted by Gasteiger charge is 2.31. The molecule has 1 N–H and O–H groups in total. The standard InChI is InChI=1S/C21H19N3O5S2/c1-29-15-7-4-6-14(12-15)13-18-20(26)23(21(30)31-18)11-5-10-19(25)22-16-8-2-3-9-17(16)24(27)28/h2-4,6-9,12-13H,5,10-11H2,1H3,(H,22,25)/b18-13-. The first-order chi connectivity index (χ1) is 14.9. The molecule has 0 aliphatic carbocycles. The van der Waals surface area contributed by atoms with Crippen molar-refractivity contribution in [3.8, 4) is 5.75 Å². The van der Waals surface area contributed by atoms with Crippen LogP contribution in [0.3, 0.4) is 0 Å². The average Bonchev–Trinajstić information content (AvgIpc) is 3.01. The molecule has 1 saturated heterocycles. The number of amides is 2. The van der Waals surface area contributed by atoms with Crippen LogP contribution < -0.4 is 10.1 Å². The van der Waals surface area contributed by atoms with Gasteiger partial charge in [0, 0.05) is 19.0 Å². The lowest BCUT2D eigenvalue weighted by Gasteiger charge is -2.14. The molecule has 0 radical (unpaired) electrons. The van der Waals surface area contributed by atoms with Gasteiger partial charge in [0.15, 0.2) is 0 Å². The number of nitro groups is 1. The molecular formula is C21H19N3O5S2. The number of thioether (sulfide) groups is 1. The zero-order chi connectivity index (χ0) is 22.4. The lowest BCUT2D eigenvalue weighted by Crippen LogP contribution is -2.29. The van der Waals surface area contributed by atoms with E-state index >= 15 is 0 Å². The van der Waals surface area contributed by atoms with Crippen LogP contribution in [0.4, 0.5) is 11.4 Å². The van der Waals surface area contributed by atoms with Gasteiger partial charge in [-0.1, -0.05) is 48.2 Å². The van der Waals surface area contributed by atoms with Crippen LogP contribution in [0.1, 0.15) is 18.4 Å². The van der Waals surface area contributed by atoms with E-state index in [0.717, 1.165) is 5.56 Å². The van der Waals surface area contributed by atoms with Gasteiger partial charge in [0.25, 0.3) is 11.6 Å². The summed E-state index contributed by atoms with van der Waals surface area (Å²) < 4.78 is 5.62. The zero-order valence-corrected chi connectivity index (χ0v) is 18.2. The number of nitro benzene ring substituents is 1. The predicted octanol–water partition coefficient (Wildman–Crippen LogP) is 4.22. The van der Waals surface area contributed by atoms with Crippen LogP contribution in [0.15, 0.2) is 53.4 Å². The van der Waals surface area contributed by atoms with Crippen molar-refractivity contribution in [2.24, 2.45) is 0 Å². The first kappa shape index (κ1) is 22.4.